The number of nitrogens with zero attached hydrogens (tertiary/aromatic N) is 4. The standard InChI is InChI=1S/C26H36N4O3/c1-33-20-21-9-11-22(12-10-21)26(32)30(25-8-4-5-13-27-25)19-16-28-14-17-29(18-15-28)23-6-2-3-7-24(23)31/h2-8,13,21-22,31H,9-12,14-20H2,1H3. The van der Waals surface area contributed by atoms with E-state index in [0.29, 0.717) is 18.2 Å². The predicted molar refractivity (Wildman–Crippen MR) is 131 cm³/mol. The summed E-state index contributed by atoms with van der Waals surface area (Å²) < 4.78 is 5.31. The minimum atomic E-state index is 0.0676. The van der Waals surface area contributed by atoms with E-state index < -0.39 is 0 Å². The summed E-state index contributed by atoms with van der Waals surface area (Å²) in [7, 11) is 1.75. The number of carbonyl (C=O) groups excluding carboxylic acids is 1. The first-order valence-electron chi connectivity index (χ1n) is 12.1. The van der Waals surface area contributed by atoms with Crippen molar-refractivity contribution in [1.29, 1.82) is 0 Å². The van der Waals surface area contributed by atoms with E-state index in [9.17, 15) is 9.90 Å². The summed E-state index contributed by atoms with van der Waals surface area (Å²) >= 11 is 0. The molecule has 0 unspecified atom stereocenters. The zero-order chi connectivity index (χ0) is 23.0. The third kappa shape index (κ3) is 6.03. The number of aromatic nitrogens is 1. The summed E-state index contributed by atoms with van der Waals surface area (Å²) in [5, 5.41) is 10.1. The van der Waals surface area contributed by atoms with E-state index in [1.165, 1.54) is 0 Å². The van der Waals surface area contributed by atoms with Crippen LogP contribution in [0.3, 0.4) is 0 Å². The van der Waals surface area contributed by atoms with Gasteiger partial charge in [-0.1, -0.05) is 18.2 Å². The zero-order valence-corrected chi connectivity index (χ0v) is 19.6. The van der Waals surface area contributed by atoms with Gasteiger partial charge in [-0.25, -0.2) is 4.98 Å². The number of para-hydroxylation sites is 2. The molecule has 2 aliphatic rings. The average Bonchev–Trinajstić information content (AvgIpc) is 2.86. The topological polar surface area (TPSA) is 69.1 Å². The summed E-state index contributed by atoms with van der Waals surface area (Å²) in [6, 6.07) is 13.3. The van der Waals surface area contributed by atoms with Gasteiger partial charge >= 0.3 is 0 Å². The van der Waals surface area contributed by atoms with Crippen molar-refractivity contribution in [2.75, 3.05) is 62.8 Å². The van der Waals surface area contributed by atoms with Crippen LogP contribution in [0, 0.1) is 11.8 Å². The normalized spacial score (nSPS) is 21.7. The van der Waals surface area contributed by atoms with Crippen LogP contribution in [-0.2, 0) is 9.53 Å². The molecule has 2 heterocycles. The molecule has 1 aliphatic carbocycles. The van der Waals surface area contributed by atoms with Crippen LogP contribution in [0.2, 0.25) is 0 Å². The Kier molecular flexibility index (Phi) is 8.18. The minimum Gasteiger partial charge on any atom is -0.506 e. The smallest absolute Gasteiger partial charge is 0.231 e. The molecule has 0 spiro atoms. The summed E-state index contributed by atoms with van der Waals surface area (Å²) in [4.78, 5) is 24.5. The molecule has 1 aromatic carbocycles. The van der Waals surface area contributed by atoms with Gasteiger partial charge in [0.15, 0.2) is 0 Å². The molecule has 7 nitrogen and oxygen atoms in total. The number of ether oxygens (including phenoxy) is 1. The van der Waals surface area contributed by atoms with E-state index in [1.807, 2.05) is 41.3 Å². The number of hydrogen-bond acceptors (Lipinski definition) is 6. The van der Waals surface area contributed by atoms with Crippen molar-refractivity contribution >= 4 is 17.4 Å². The molecule has 1 amide bonds. The average molecular weight is 453 g/mol. The van der Waals surface area contributed by atoms with Crippen LogP contribution in [0.25, 0.3) is 0 Å². The second-order valence-electron chi connectivity index (χ2n) is 9.17. The van der Waals surface area contributed by atoms with Gasteiger partial charge in [-0.15, -0.1) is 0 Å². The van der Waals surface area contributed by atoms with Crippen LogP contribution < -0.4 is 9.80 Å². The summed E-state index contributed by atoms with van der Waals surface area (Å²) in [6.07, 6.45) is 5.71. The molecule has 0 atom stereocenters. The molecular weight excluding hydrogens is 416 g/mol. The van der Waals surface area contributed by atoms with Crippen LogP contribution >= 0.6 is 0 Å². The second kappa shape index (κ2) is 11.5. The monoisotopic (exact) mass is 452 g/mol. The van der Waals surface area contributed by atoms with Crippen LogP contribution in [-0.4, -0.2) is 73.9 Å². The molecule has 178 valence electrons. The van der Waals surface area contributed by atoms with E-state index in [2.05, 4.69) is 14.8 Å². The van der Waals surface area contributed by atoms with Crippen LogP contribution in [0.4, 0.5) is 11.5 Å². The third-order valence-electron chi connectivity index (χ3n) is 7.02. The molecular formula is C26H36N4O3. The van der Waals surface area contributed by atoms with E-state index in [-0.39, 0.29) is 11.8 Å². The number of benzene rings is 1. The maximum Gasteiger partial charge on any atom is 0.231 e. The minimum absolute atomic E-state index is 0.0676. The fourth-order valence-electron chi connectivity index (χ4n) is 5.07. The number of phenolic OH excluding ortho intramolecular Hbond substituents is 1. The molecule has 0 radical (unpaired) electrons. The highest BCUT2D eigenvalue weighted by Crippen LogP contribution is 2.31. The lowest BCUT2D eigenvalue weighted by atomic mass is 9.81. The number of anilines is 2. The van der Waals surface area contributed by atoms with E-state index in [1.54, 1.807) is 19.4 Å². The van der Waals surface area contributed by atoms with Gasteiger partial charge in [-0.2, -0.15) is 0 Å². The van der Waals surface area contributed by atoms with Crippen molar-refractivity contribution in [1.82, 2.24) is 9.88 Å². The maximum absolute atomic E-state index is 13.5. The molecule has 4 rings (SSSR count). The summed E-state index contributed by atoms with van der Waals surface area (Å²) in [5.41, 5.74) is 0.895. The highest BCUT2D eigenvalue weighted by atomic mass is 16.5. The van der Waals surface area contributed by atoms with Crippen molar-refractivity contribution in [3.8, 4) is 5.75 Å². The molecule has 1 saturated heterocycles. The molecule has 1 saturated carbocycles. The van der Waals surface area contributed by atoms with Gasteiger partial charge in [0.2, 0.25) is 5.91 Å². The lowest BCUT2D eigenvalue weighted by Crippen LogP contribution is -2.50. The van der Waals surface area contributed by atoms with Crippen molar-refractivity contribution in [3.05, 3.63) is 48.7 Å². The molecule has 1 aliphatic heterocycles. The van der Waals surface area contributed by atoms with Gasteiger partial charge in [0.25, 0.3) is 0 Å². The Bertz CT molecular complexity index is 878. The van der Waals surface area contributed by atoms with Crippen molar-refractivity contribution < 1.29 is 14.6 Å². The Balaban J connectivity index is 1.34. The Morgan fingerprint density at radius 2 is 1.79 bits per heavy atom. The van der Waals surface area contributed by atoms with Gasteiger partial charge in [0, 0.05) is 65.1 Å². The van der Waals surface area contributed by atoms with Crippen molar-refractivity contribution in [2.24, 2.45) is 11.8 Å². The van der Waals surface area contributed by atoms with Crippen LogP contribution in [0.1, 0.15) is 25.7 Å². The predicted octanol–water partition coefficient (Wildman–Crippen LogP) is 3.40. The third-order valence-corrected chi connectivity index (χ3v) is 7.02. The lowest BCUT2D eigenvalue weighted by Gasteiger charge is -2.37. The van der Waals surface area contributed by atoms with E-state index in [0.717, 1.165) is 76.5 Å². The van der Waals surface area contributed by atoms with Gasteiger partial charge in [-0.05, 0) is 55.9 Å². The molecule has 2 fully saturated rings. The van der Waals surface area contributed by atoms with Crippen LogP contribution in [0.15, 0.2) is 48.7 Å². The molecule has 0 bridgehead atoms. The highest BCUT2D eigenvalue weighted by molar-refractivity contribution is 5.94. The fourth-order valence-corrected chi connectivity index (χ4v) is 5.07. The second-order valence-corrected chi connectivity index (χ2v) is 9.17. The van der Waals surface area contributed by atoms with Gasteiger partial charge in [0.1, 0.15) is 11.6 Å². The van der Waals surface area contributed by atoms with Crippen LogP contribution in [0.5, 0.6) is 5.75 Å². The number of carbonyl (C=O) groups is 1. The van der Waals surface area contributed by atoms with Crippen molar-refractivity contribution in [2.45, 2.75) is 25.7 Å². The Hall–Kier alpha value is -2.64. The molecule has 33 heavy (non-hydrogen) atoms. The molecule has 1 N–H and O–H groups in total. The number of hydrogen-bond donors (Lipinski definition) is 1. The first kappa shape index (κ1) is 23.5. The Morgan fingerprint density at radius 3 is 2.45 bits per heavy atom. The van der Waals surface area contributed by atoms with Gasteiger partial charge in [0.05, 0.1) is 5.69 Å². The number of methoxy groups -OCH3 is 1. The summed E-state index contributed by atoms with van der Waals surface area (Å²) in [6.45, 7) is 5.77. The fraction of sp³-hybridized carbons (Fsp3) is 0.538. The maximum atomic E-state index is 13.5. The SMILES string of the molecule is COCC1CCC(C(=O)N(CCN2CCN(c3ccccc3O)CC2)c2ccccn2)CC1. The highest BCUT2D eigenvalue weighted by Gasteiger charge is 2.31. The number of aromatic hydroxyl groups is 1. The number of amides is 1. The Morgan fingerprint density at radius 1 is 1.06 bits per heavy atom. The quantitative estimate of drug-likeness (QED) is 0.662. The molecule has 1 aromatic heterocycles. The Labute approximate surface area is 197 Å². The van der Waals surface area contributed by atoms with Crippen molar-refractivity contribution in [3.63, 3.8) is 0 Å². The number of piperazine rings is 1. The summed E-state index contributed by atoms with van der Waals surface area (Å²) in [5.74, 6) is 1.92. The molecule has 7 heteroatoms. The first-order chi connectivity index (χ1) is 16.2. The number of pyridine rings is 1. The van der Waals surface area contributed by atoms with Gasteiger partial charge < -0.3 is 14.7 Å². The zero-order valence-electron chi connectivity index (χ0n) is 19.6. The van der Waals surface area contributed by atoms with E-state index in [4.69, 9.17) is 4.74 Å². The molecule has 2 aromatic rings. The van der Waals surface area contributed by atoms with Gasteiger partial charge in [-0.3, -0.25) is 14.6 Å². The first-order valence-corrected chi connectivity index (χ1v) is 12.1. The lowest BCUT2D eigenvalue weighted by molar-refractivity contribution is -0.123. The number of phenols is 1. The number of rotatable bonds is 8. The largest absolute Gasteiger partial charge is 0.506 e. The van der Waals surface area contributed by atoms with E-state index >= 15 is 0 Å².